The molecule has 130 valence electrons. The molecule has 0 aliphatic heterocycles. The molecule has 5 heteroatoms. The van der Waals surface area contributed by atoms with Gasteiger partial charge in [-0.25, -0.2) is 4.39 Å². The van der Waals surface area contributed by atoms with E-state index < -0.39 is 0 Å². The summed E-state index contributed by atoms with van der Waals surface area (Å²) in [6, 6.07) is 12.8. The third-order valence-corrected chi connectivity index (χ3v) is 4.46. The van der Waals surface area contributed by atoms with Gasteiger partial charge in [0, 0.05) is 13.0 Å². The summed E-state index contributed by atoms with van der Waals surface area (Å²) in [4.78, 5) is 26.6. The van der Waals surface area contributed by atoms with Crippen molar-refractivity contribution >= 4 is 17.5 Å². The molecule has 1 aliphatic carbocycles. The molecule has 3 rings (SSSR count). The molecule has 0 aromatic heterocycles. The van der Waals surface area contributed by atoms with Crippen molar-refractivity contribution in [3.05, 3.63) is 65.5 Å². The number of nitrogens with zero attached hydrogens (tertiary/aromatic N) is 1. The van der Waals surface area contributed by atoms with Crippen LogP contribution in [0.4, 0.5) is 10.1 Å². The van der Waals surface area contributed by atoms with E-state index in [-0.39, 0.29) is 29.6 Å². The molecule has 1 saturated carbocycles. The van der Waals surface area contributed by atoms with Crippen LogP contribution in [0.25, 0.3) is 0 Å². The standard InChI is InChI=1S/C20H21FN2O2/c1-13(15-6-5-7-16(21)12-15)22-19(24)17-8-3-4-9-18(17)23(2)20(25)14-10-11-14/h3-9,12-14H,10-11H2,1-2H3,(H,22,24)/t13-/m1/s1. The van der Waals surface area contributed by atoms with Gasteiger partial charge in [0.25, 0.3) is 5.91 Å². The zero-order chi connectivity index (χ0) is 18.0. The molecule has 2 aromatic rings. The molecule has 0 saturated heterocycles. The largest absolute Gasteiger partial charge is 0.345 e. The van der Waals surface area contributed by atoms with Crippen molar-refractivity contribution in [3.8, 4) is 0 Å². The van der Waals surface area contributed by atoms with E-state index >= 15 is 0 Å². The number of hydrogen-bond acceptors (Lipinski definition) is 2. The lowest BCUT2D eigenvalue weighted by Gasteiger charge is -2.21. The van der Waals surface area contributed by atoms with Gasteiger partial charge in [0.2, 0.25) is 5.91 Å². The number of halogens is 1. The topological polar surface area (TPSA) is 49.4 Å². The summed E-state index contributed by atoms with van der Waals surface area (Å²) >= 11 is 0. The van der Waals surface area contributed by atoms with Crippen LogP contribution in [0.15, 0.2) is 48.5 Å². The fraction of sp³-hybridized carbons (Fsp3) is 0.300. The minimum atomic E-state index is -0.347. The van der Waals surface area contributed by atoms with Crippen molar-refractivity contribution < 1.29 is 14.0 Å². The number of carbonyl (C=O) groups excluding carboxylic acids is 2. The van der Waals surface area contributed by atoms with Gasteiger partial charge in [0.1, 0.15) is 5.82 Å². The predicted octanol–water partition coefficient (Wildman–Crippen LogP) is 3.69. The number of benzene rings is 2. The number of rotatable bonds is 5. The van der Waals surface area contributed by atoms with Gasteiger partial charge in [-0.1, -0.05) is 24.3 Å². The van der Waals surface area contributed by atoms with Crippen molar-refractivity contribution in [3.63, 3.8) is 0 Å². The molecule has 0 bridgehead atoms. The monoisotopic (exact) mass is 340 g/mol. The zero-order valence-corrected chi connectivity index (χ0v) is 14.3. The SMILES string of the molecule is C[C@@H](NC(=O)c1ccccc1N(C)C(=O)C1CC1)c1cccc(F)c1. The summed E-state index contributed by atoms with van der Waals surface area (Å²) in [5.41, 5.74) is 1.71. The molecule has 4 nitrogen and oxygen atoms in total. The lowest BCUT2D eigenvalue weighted by atomic mass is 10.1. The van der Waals surface area contributed by atoms with Crippen LogP contribution in [0.1, 0.15) is 41.7 Å². The van der Waals surface area contributed by atoms with Gasteiger partial charge in [0.05, 0.1) is 17.3 Å². The molecule has 1 aliphatic rings. The summed E-state index contributed by atoms with van der Waals surface area (Å²) in [6.45, 7) is 1.80. The number of anilines is 1. The first kappa shape index (κ1) is 17.1. The first-order valence-electron chi connectivity index (χ1n) is 8.40. The van der Waals surface area contributed by atoms with Crippen LogP contribution in [0.3, 0.4) is 0 Å². The van der Waals surface area contributed by atoms with E-state index in [4.69, 9.17) is 0 Å². The lowest BCUT2D eigenvalue weighted by Crippen LogP contribution is -2.32. The van der Waals surface area contributed by atoms with Crippen molar-refractivity contribution in [2.75, 3.05) is 11.9 Å². The third kappa shape index (κ3) is 3.87. The molecule has 1 N–H and O–H groups in total. The second-order valence-corrected chi connectivity index (χ2v) is 6.44. The average Bonchev–Trinajstić information content (AvgIpc) is 3.45. The summed E-state index contributed by atoms with van der Waals surface area (Å²) in [7, 11) is 1.70. The van der Waals surface area contributed by atoms with Crippen LogP contribution in [-0.4, -0.2) is 18.9 Å². The number of para-hydroxylation sites is 1. The Balaban J connectivity index is 1.79. The van der Waals surface area contributed by atoms with E-state index in [0.717, 1.165) is 12.8 Å². The maximum absolute atomic E-state index is 13.4. The second kappa shape index (κ2) is 7.05. The number of carbonyl (C=O) groups is 2. The van der Waals surface area contributed by atoms with Crippen molar-refractivity contribution in [2.24, 2.45) is 5.92 Å². The summed E-state index contributed by atoms with van der Waals surface area (Å²) < 4.78 is 13.4. The smallest absolute Gasteiger partial charge is 0.253 e. The van der Waals surface area contributed by atoms with Crippen LogP contribution < -0.4 is 10.2 Å². The fourth-order valence-corrected chi connectivity index (χ4v) is 2.81. The Hall–Kier alpha value is -2.69. The van der Waals surface area contributed by atoms with Crippen LogP contribution in [-0.2, 0) is 4.79 Å². The van der Waals surface area contributed by atoms with Gasteiger partial charge < -0.3 is 10.2 Å². The Kier molecular flexibility index (Phi) is 4.83. The minimum absolute atomic E-state index is 0.0402. The molecule has 1 atom stereocenters. The Labute approximate surface area is 146 Å². The van der Waals surface area contributed by atoms with E-state index in [1.54, 1.807) is 55.3 Å². The highest BCUT2D eigenvalue weighted by Gasteiger charge is 2.33. The molecular formula is C20H21FN2O2. The molecule has 0 radical (unpaired) electrons. The molecule has 0 spiro atoms. The Morgan fingerprint density at radius 1 is 1.16 bits per heavy atom. The average molecular weight is 340 g/mol. The van der Waals surface area contributed by atoms with Gasteiger partial charge >= 0.3 is 0 Å². The third-order valence-electron chi connectivity index (χ3n) is 4.46. The van der Waals surface area contributed by atoms with Crippen molar-refractivity contribution in [2.45, 2.75) is 25.8 Å². The molecule has 1 fully saturated rings. The Morgan fingerprint density at radius 2 is 1.88 bits per heavy atom. The lowest BCUT2D eigenvalue weighted by molar-refractivity contribution is -0.119. The first-order valence-corrected chi connectivity index (χ1v) is 8.40. The van der Waals surface area contributed by atoms with Crippen molar-refractivity contribution in [1.82, 2.24) is 5.32 Å². The summed E-state index contributed by atoms with van der Waals surface area (Å²) in [5, 5.41) is 2.88. The van der Waals surface area contributed by atoms with Crippen LogP contribution in [0.2, 0.25) is 0 Å². The highest BCUT2D eigenvalue weighted by atomic mass is 19.1. The number of hydrogen-bond donors (Lipinski definition) is 1. The van der Waals surface area contributed by atoms with Gasteiger partial charge in [-0.3, -0.25) is 9.59 Å². The normalized spacial score (nSPS) is 14.7. The Bertz CT molecular complexity index is 802. The van der Waals surface area contributed by atoms with E-state index in [1.807, 2.05) is 0 Å². The zero-order valence-electron chi connectivity index (χ0n) is 14.3. The molecule has 0 unspecified atom stereocenters. The molecule has 2 amide bonds. The molecule has 2 aromatic carbocycles. The fourth-order valence-electron chi connectivity index (χ4n) is 2.81. The van der Waals surface area contributed by atoms with Crippen molar-refractivity contribution in [1.29, 1.82) is 0 Å². The van der Waals surface area contributed by atoms with Gasteiger partial charge in [-0.15, -0.1) is 0 Å². The minimum Gasteiger partial charge on any atom is -0.345 e. The molecular weight excluding hydrogens is 319 g/mol. The highest BCUT2D eigenvalue weighted by Crippen LogP contribution is 2.33. The maximum atomic E-state index is 13.4. The van der Waals surface area contributed by atoms with E-state index in [0.29, 0.717) is 16.8 Å². The summed E-state index contributed by atoms with van der Waals surface area (Å²) in [6.07, 6.45) is 1.82. The van der Waals surface area contributed by atoms with Gasteiger partial charge in [-0.2, -0.15) is 0 Å². The second-order valence-electron chi connectivity index (χ2n) is 6.44. The van der Waals surface area contributed by atoms with E-state index in [1.165, 1.54) is 12.1 Å². The predicted molar refractivity (Wildman–Crippen MR) is 94.9 cm³/mol. The van der Waals surface area contributed by atoms with E-state index in [9.17, 15) is 14.0 Å². The summed E-state index contributed by atoms with van der Waals surface area (Å²) in [5.74, 6) is -0.512. The van der Waals surface area contributed by atoms with Crippen LogP contribution in [0, 0.1) is 11.7 Å². The van der Waals surface area contributed by atoms with Gasteiger partial charge in [-0.05, 0) is 49.6 Å². The number of nitrogens with one attached hydrogen (secondary N) is 1. The number of amides is 2. The molecule has 25 heavy (non-hydrogen) atoms. The maximum Gasteiger partial charge on any atom is 0.253 e. The quantitative estimate of drug-likeness (QED) is 0.902. The van der Waals surface area contributed by atoms with E-state index in [2.05, 4.69) is 5.32 Å². The Morgan fingerprint density at radius 3 is 2.56 bits per heavy atom. The molecule has 0 heterocycles. The van der Waals surface area contributed by atoms with Gasteiger partial charge in [0.15, 0.2) is 0 Å². The first-order chi connectivity index (χ1) is 12.0. The van der Waals surface area contributed by atoms with Crippen LogP contribution >= 0.6 is 0 Å². The highest BCUT2D eigenvalue weighted by molar-refractivity contribution is 6.05. The van der Waals surface area contributed by atoms with Crippen LogP contribution in [0.5, 0.6) is 0 Å².